The molecule has 2 aliphatic rings. The maximum absolute atomic E-state index is 6.06. The van der Waals surface area contributed by atoms with Crippen LogP contribution >= 0.6 is 0 Å². The third-order valence-electron chi connectivity index (χ3n) is 4.38. The number of hydrogen-bond acceptors (Lipinski definition) is 3. The zero-order chi connectivity index (χ0) is 14.2. The highest BCUT2D eigenvalue weighted by Crippen LogP contribution is 2.48. The first-order valence-corrected chi connectivity index (χ1v) is 7.69. The second-order valence-electron chi connectivity index (χ2n) is 6.06. The first kappa shape index (κ1) is 12.7. The monoisotopic (exact) mass is 280 g/mol. The Kier molecular flexibility index (Phi) is 3.08. The van der Waals surface area contributed by atoms with E-state index in [1.807, 2.05) is 12.1 Å². The molecular weight excluding hydrogens is 260 g/mol. The van der Waals surface area contributed by atoms with Gasteiger partial charge in [-0.2, -0.15) is 0 Å². The number of anilines is 2. The average molecular weight is 280 g/mol. The van der Waals surface area contributed by atoms with Crippen molar-refractivity contribution in [2.45, 2.75) is 19.4 Å². The Balaban J connectivity index is 1.81. The standard InChI is InChI=1S/C18H20N2O/c1-13-10-14(12-19-11-13)20-15-6-2-4-8-17(15)21-18-9-5-3-7-16(18)20/h2-9,13-14,19H,10-12H2,1H3/t13?,14-/m0/s1. The predicted octanol–water partition coefficient (Wildman–Crippen LogP) is 3.93. The van der Waals surface area contributed by atoms with E-state index in [9.17, 15) is 0 Å². The molecule has 2 heterocycles. The Bertz CT molecular complexity index is 610. The van der Waals surface area contributed by atoms with Crippen LogP contribution in [0.25, 0.3) is 0 Å². The molecule has 0 aliphatic carbocycles. The normalized spacial score (nSPS) is 24.0. The van der Waals surface area contributed by atoms with E-state index in [0.717, 1.165) is 24.6 Å². The largest absolute Gasteiger partial charge is 0.453 e. The summed E-state index contributed by atoms with van der Waals surface area (Å²) in [5.41, 5.74) is 2.36. The van der Waals surface area contributed by atoms with Gasteiger partial charge in [0.2, 0.25) is 0 Å². The molecule has 0 saturated carbocycles. The van der Waals surface area contributed by atoms with Crippen LogP contribution in [0.1, 0.15) is 13.3 Å². The van der Waals surface area contributed by atoms with E-state index in [1.165, 1.54) is 17.8 Å². The van der Waals surface area contributed by atoms with Crippen LogP contribution in [0.3, 0.4) is 0 Å². The Morgan fingerprint density at radius 1 is 0.952 bits per heavy atom. The zero-order valence-corrected chi connectivity index (χ0v) is 12.3. The molecule has 1 unspecified atom stereocenters. The number of benzene rings is 2. The molecule has 108 valence electrons. The second-order valence-corrected chi connectivity index (χ2v) is 6.06. The predicted molar refractivity (Wildman–Crippen MR) is 85.5 cm³/mol. The molecule has 1 saturated heterocycles. The van der Waals surface area contributed by atoms with Crippen LogP contribution < -0.4 is 15.0 Å². The number of rotatable bonds is 1. The summed E-state index contributed by atoms with van der Waals surface area (Å²) < 4.78 is 6.06. The number of para-hydroxylation sites is 4. The van der Waals surface area contributed by atoms with Gasteiger partial charge < -0.3 is 15.0 Å². The lowest BCUT2D eigenvalue weighted by Crippen LogP contribution is -2.47. The van der Waals surface area contributed by atoms with Gasteiger partial charge in [-0.1, -0.05) is 31.2 Å². The van der Waals surface area contributed by atoms with Crippen molar-refractivity contribution < 1.29 is 4.74 Å². The minimum atomic E-state index is 0.472. The van der Waals surface area contributed by atoms with Crippen LogP contribution in [0.5, 0.6) is 11.5 Å². The summed E-state index contributed by atoms with van der Waals surface area (Å²) in [5.74, 6) is 2.61. The molecule has 1 N–H and O–H groups in total. The van der Waals surface area contributed by atoms with Crippen molar-refractivity contribution >= 4 is 11.4 Å². The highest BCUT2D eigenvalue weighted by Gasteiger charge is 2.32. The maximum atomic E-state index is 6.06. The van der Waals surface area contributed by atoms with E-state index in [2.05, 4.69) is 53.5 Å². The van der Waals surface area contributed by atoms with Gasteiger partial charge >= 0.3 is 0 Å². The molecule has 0 bridgehead atoms. The lowest BCUT2D eigenvalue weighted by atomic mass is 9.95. The molecular formula is C18H20N2O. The third-order valence-corrected chi connectivity index (χ3v) is 4.38. The molecule has 0 amide bonds. The van der Waals surface area contributed by atoms with Crippen LogP contribution in [0, 0.1) is 5.92 Å². The average Bonchev–Trinajstić information content (AvgIpc) is 2.52. The van der Waals surface area contributed by atoms with E-state index < -0.39 is 0 Å². The van der Waals surface area contributed by atoms with Gasteiger partial charge in [0.05, 0.1) is 11.4 Å². The van der Waals surface area contributed by atoms with Gasteiger partial charge in [-0.25, -0.2) is 0 Å². The van der Waals surface area contributed by atoms with Crippen molar-refractivity contribution in [1.82, 2.24) is 5.32 Å². The molecule has 4 rings (SSSR count). The fourth-order valence-corrected chi connectivity index (χ4v) is 3.45. The summed E-state index contributed by atoms with van der Waals surface area (Å²) in [6, 6.07) is 17.1. The van der Waals surface area contributed by atoms with Crippen molar-refractivity contribution in [2.24, 2.45) is 5.92 Å². The van der Waals surface area contributed by atoms with Crippen LogP contribution in [-0.4, -0.2) is 19.1 Å². The molecule has 2 aliphatic heterocycles. The van der Waals surface area contributed by atoms with Crippen molar-refractivity contribution in [3.8, 4) is 11.5 Å². The van der Waals surface area contributed by atoms with Gasteiger partial charge in [-0.15, -0.1) is 0 Å². The number of hydrogen-bond donors (Lipinski definition) is 1. The summed E-state index contributed by atoms with van der Waals surface area (Å²) in [7, 11) is 0. The van der Waals surface area contributed by atoms with E-state index in [4.69, 9.17) is 4.74 Å². The summed E-state index contributed by atoms with van der Waals surface area (Å²) in [6.07, 6.45) is 1.20. The van der Waals surface area contributed by atoms with Gasteiger partial charge in [0, 0.05) is 12.6 Å². The molecule has 2 atom stereocenters. The molecule has 21 heavy (non-hydrogen) atoms. The fourth-order valence-electron chi connectivity index (χ4n) is 3.45. The molecule has 3 nitrogen and oxygen atoms in total. The van der Waals surface area contributed by atoms with E-state index in [0.29, 0.717) is 12.0 Å². The Morgan fingerprint density at radius 3 is 2.19 bits per heavy atom. The Labute approximate surface area is 125 Å². The summed E-state index contributed by atoms with van der Waals surface area (Å²) in [5, 5.41) is 3.56. The third kappa shape index (κ3) is 2.18. The Hall–Kier alpha value is -2.00. The van der Waals surface area contributed by atoms with Gasteiger partial charge in [0.1, 0.15) is 0 Å². The number of ether oxygens (including phenoxy) is 1. The second kappa shape index (κ2) is 5.08. The van der Waals surface area contributed by atoms with E-state index in [-0.39, 0.29) is 0 Å². The van der Waals surface area contributed by atoms with Gasteiger partial charge in [0.15, 0.2) is 11.5 Å². The molecule has 0 spiro atoms. The highest BCUT2D eigenvalue weighted by molar-refractivity contribution is 5.78. The Morgan fingerprint density at radius 2 is 1.57 bits per heavy atom. The number of piperidine rings is 1. The van der Waals surface area contributed by atoms with Crippen molar-refractivity contribution in [3.05, 3.63) is 48.5 Å². The van der Waals surface area contributed by atoms with Gasteiger partial charge in [-0.05, 0) is 43.1 Å². The molecule has 2 aromatic rings. The van der Waals surface area contributed by atoms with E-state index >= 15 is 0 Å². The SMILES string of the molecule is CC1CNC[C@@H](N2c3ccccc3Oc3ccccc32)C1. The van der Waals surface area contributed by atoms with Crippen molar-refractivity contribution in [2.75, 3.05) is 18.0 Å². The number of fused-ring (bicyclic) bond motifs is 2. The van der Waals surface area contributed by atoms with Crippen LogP contribution in [0.4, 0.5) is 11.4 Å². The smallest absolute Gasteiger partial charge is 0.151 e. The van der Waals surface area contributed by atoms with Gasteiger partial charge in [0.25, 0.3) is 0 Å². The first-order valence-electron chi connectivity index (χ1n) is 7.69. The van der Waals surface area contributed by atoms with E-state index in [1.54, 1.807) is 0 Å². The summed E-state index contributed by atoms with van der Waals surface area (Å²) >= 11 is 0. The molecule has 2 aromatic carbocycles. The summed E-state index contributed by atoms with van der Waals surface area (Å²) in [4.78, 5) is 2.46. The zero-order valence-electron chi connectivity index (χ0n) is 12.3. The minimum Gasteiger partial charge on any atom is -0.453 e. The first-order chi connectivity index (χ1) is 10.3. The quantitative estimate of drug-likeness (QED) is 0.856. The van der Waals surface area contributed by atoms with Crippen LogP contribution in [-0.2, 0) is 0 Å². The number of nitrogens with one attached hydrogen (secondary N) is 1. The lowest BCUT2D eigenvalue weighted by molar-refractivity contribution is 0.354. The molecule has 0 radical (unpaired) electrons. The summed E-state index contributed by atoms with van der Waals surface area (Å²) in [6.45, 7) is 4.45. The molecule has 1 fully saturated rings. The minimum absolute atomic E-state index is 0.472. The maximum Gasteiger partial charge on any atom is 0.151 e. The number of nitrogens with zero attached hydrogens (tertiary/aromatic N) is 1. The molecule has 3 heteroatoms. The van der Waals surface area contributed by atoms with Crippen molar-refractivity contribution in [1.29, 1.82) is 0 Å². The lowest BCUT2D eigenvalue weighted by Gasteiger charge is -2.41. The van der Waals surface area contributed by atoms with Gasteiger partial charge in [-0.3, -0.25) is 0 Å². The highest BCUT2D eigenvalue weighted by atomic mass is 16.5. The van der Waals surface area contributed by atoms with Crippen LogP contribution in [0.2, 0.25) is 0 Å². The molecule has 0 aromatic heterocycles. The topological polar surface area (TPSA) is 24.5 Å². The van der Waals surface area contributed by atoms with Crippen LogP contribution in [0.15, 0.2) is 48.5 Å². The fraction of sp³-hybridized carbons (Fsp3) is 0.333. The van der Waals surface area contributed by atoms with Crippen molar-refractivity contribution in [3.63, 3.8) is 0 Å².